The molecule has 2 aliphatic rings. The summed E-state index contributed by atoms with van der Waals surface area (Å²) in [6.07, 6.45) is 0.407. The summed E-state index contributed by atoms with van der Waals surface area (Å²) in [4.78, 5) is 39.7. The van der Waals surface area contributed by atoms with Gasteiger partial charge in [0.15, 0.2) is 0 Å². The molecule has 0 N–H and O–H groups in total. The van der Waals surface area contributed by atoms with Gasteiger partial charge >= 0.3 is 18.0 Å². The van der Waals surface area contributed by atoms with E-state index < -0.39 is 29.6 Å². The number of piperidine rings is 1. The fourth-order valence-corrected chi connectivity index (χ4v) is 4.17. The Morgan fingerprint density at radius 3 is 2.23 bits per heavy atom. The quantitative estimate of drug-likeness (QED) is 0.540. The van der Waals surface area contributed by atoms with Gasteiger partial charge in [-0.1, -0.05) is 35.9 Å². The van der Waals surface area contributed by atoms with Crippen molar-refractivity contribution in [1.29, 1.82) is 0 Å². The first-order valence-corrected chi connectivity index (χ1v) is 10.3. The van der Waals surface area contributed by atoms with Crippen molar-refractivity contribution in [1.82, 2.24) is 4.90 Å². The number of carbonyl (C=O) groups excluding carboxylic acids is 3. The number of carbonyl (C=O) groups is 3. The minimum atomic E-state index is -0.632. The molecule has 7 nitrogen and oxygen atoms in total. The summed E-state index contributed by atoms with van der Waals surface area (Å²) in [5, 5.41) is 0. The minimum Gasteiger partial charge on any atom is -0.466 e. The first-order valence-electron chi connectivity index (χ1n) is 10.3. The molecule has 1 atom stereocenters. The molecule has 0 radical (unpaired) electrons. The third-order valence-corrected chi connectivity index (χ3v) is 5.50. The number of allylic oxidation sites excluding steroid dienone is 1. The van der Waals surface area contributed by atoms with Crippen molar-refractivity contribution in [3.05, 3.63) is 52.6 Å². The van der Waals surface area contributed by atoms with E-state index >= 15 is 0 Å². The van der Waals surface area contributed by atoms with Crippen LogP contribution in [0.1, 0.15) is 39.2 Å². The molecule has 31 heavy (non-hydrogen) atoms. The fraction of sp³-hybridized carbons (Fsp3) is 0.458. The van der Waals surface area contributed by atoms with Crippen molar-refractivity contribution in [2.24, 2.45) is 5.92 Å². The number of nitrogens with zero attached hydrogens (tertiary/aromatic N) is 1. The van der Waals surface area contributed by atoms with Crippen LogP contribution in [0, 0.1) is 5.92 Å². The second kappa shape index (κ2) is 8.96. The SMILES string of the molecule is COC(=O)C1=C(C(=O)OC)C2CN(C(=O)OC(C)(C)C)CCC2=C(c2ccccc2)C1. The van der Waals surface area contributed by atoms with Crippen LogP contribution in [0.5, 0.6) is 0 Å². The molecule has 7 heteroatoms. The number of esters is 2. The first-order chi connectivity index (χ1) is 14.7. The van der Waals surface area contributed by atoms with E-state index in [1.54, 1.807) is 4.90 Å². The van der Waals surface area contributed by atoms with E-state index in [0.717, 1.165) is 16.7 Å². The van der Waals surface area contributed by atoms with Gasteiger partial charge in [-0.2, -0.15) is 0 Å². The molecule has 1 aliphatic carbocycles. The zero-order valence-corrected chi connectivity index (χ0v) is 18.7. The van der Waals surface area contributed by atoms with Crippen molar-refractivity contribution in [2.45, 2.75) is 39.2 Å². The van der Waals surface area contributed by atoms with Crippen molar-refractivity contribution in [3.8, 4) is 0 Å². The second-order valence-corrected chi connectivity index (χ2v) is 8.65. The van der Waals surface area contributed by atoms with E-state index in [1.165, 1.54) is 14.2 Å². The molecule has 166 valence electrons. The molecule has 1 heterocycles. The normalized spacial score (nSPS) is 19.0. The van der Waals surface area contributed by atoms with Crippen LogP contribution in [-0.2, 0) is 23.8 Å². The molecule has 1 amide bonds. The highest BCUT2D eigenvalue weighted by atomic mass is 16.6. The molecule has 1 aromatic carbocycles. The zero-order chi connectivity index (χ0) is 22.8. The average molecular weight is 427 g/mol. The third-order valence-electron chi connectivity index (χ3n) is 5.50. The van der Waals surface area contributed by atoms with Crippen LogP contribution >= 0.6 is 0 Å². The van der Waals surface area contributed by atoms with Gasteiger partial charge in [-0.25, -0.2) is 14.4 Å². The topological polar surface area (TPSA) is 82.1 Å². The van der Waals surface area contributed by atoms with Crippen molar-refractivity contribution in [3.63, 3.8) is 0 Å². The maximum atomic E-state index is 12.8. The lowest BCUT2D eigenvalue weighted by atomic mass is 9.73. The molecule has 1 unspecified atom stereocenters. The summed E-state index contributed by atoms with van der Waals surface area (Å²) in [6, 6.07) is 9.77. The number of benzene rings is 1. The van der Waals surface area contributed by atoms with E-state index in [-0.39, 0.29) is 24.1 Å². The molecule has 1 aromatic rings. The number of hydrogen-bond acceptors (Lipinski definition) is 6. The smallest absolute Gasteiger partial charge is 0.410 e. The first kappa shape index (κ1) is 22.6. The van der Waals surface area contributed by atoms with Gasteiger partial charge in [0, 0.05) is 25.4 Å². The van der Waals surface area contributed by atoms with E-state index in [9.17, 15) is 14.4 Å². The minimum absolute atomic E-state index is 0.228. The summed E-state index contributed by atoms with van der Waals surface area (Å²) in [5.41, 5.74) is 2.91. The molecular formula is C24H29NO6. The maximum absolute atomic E-state index is 12.8. The van der Waals surface area contributed by atoms with Gasteiger partial charge in [0.2, 0.25) is 0 Å². The Hall–Kier alpha value is -3.09. The third kappa shape index (κ3) is 4.81. The van der Waals surface area contributed by atoms with E-state index in [0.29, 0.717) is 13.0 Å². The highest BCUT2D eigenvalue weighted by Crippen LogP contribution is 2.44. The number of amides is 1. The predicted molar refractivity (Wildman–Crippen MR) is 115 cm³/mol. The van der Waals surface area contributed by atoms with Crippen LogP contribution in [0.3, 0.4) is 0 Å². The van der Waals surface area contributed by atoms with E-state index in [4.69, 9.17) is 14.2 Å². The molecule has 0 bridgehead atoms. The van der Waals surface area contributed by atoms with Crippen LogP contribution in [0.15, 0.2) is 47.1 Å². The van der Waals surface area contributed by atoms with Crippen molar-refractivity contribution in [2.75, 3.05) is 27.3 Å². The maximum Gasteiger partial charge on any atom is 0.410 e. The van der Waals surface area contributed by atoms with E-state index in [2.05, 4.69) is 0 Å². The summed E-state index contributed by atoms with van der Waals surface area (Å²) >= 11 is 0. The van der Waals surface area contributed by atoms with Gasteiger partial charge in [-0.15, -0.1) is 0 Å². The molecular weight excluding hydrogens is 398 g/mol. The molecule has 0 saturated carbocycles. The molecule has 0 aromatic heterocycles. The van der Waals surface area contributed by atoms with Gasteiger partial charge in [0.25, 0.3) is 0 Å². The van der Waals surface area contributed by atoms with Crippen molar-refractivity contribution >= 4 is 23.6 Å². The Morgan fingerprint density at radius 1 is 1.00 bits per heavy atom. The predicted octanol–water partition coefficient (Wildman–Crippen LogP) is 3.74. The van der Waals surface area contributed by atoms with Crippen LogP contribution in [0.2, 0.25) is 0 Å². The highest BCUT2D eigenvalue weighted by molar-refractivity contribution is 6.04. The monoisotopic (exact) mass is 427 g/mol. The van der Waals surface area contributed by atoms with Crippen LogP contribution in [0.25, 0.3) is 5.57 Å². The number of fused-ring (bicyclic) bond motifs is 1. The molecule has 3 rings (SSSR count). The van der Waals surface area contributed by atoms with Crippen LogP contribution in [-0.4, -0.2) is 55.8 Å². The summed E-state index contributed by atoms with van der Waals surface area (Å²) in [7, 11) is 2.58. The Kier molecular flexibility index (Phi) is 6.53. The zero-order valence-electron chi connectivity index (χ0n) is 18.7. The lowest BCUT2D eigenvalue weighted by molar-refractivity contribution is -0.140. The molecule has 1 aliphatic heterocycles. The number of likely N-dealkylation sites (tertiary alicyclic amines) is 1. The van der Waals surface area contributed by atoms with Gasteiger partial charge in [-0.05, 0) is 38.3 Å². The summed E-state index contributed by atoms with van der Waals surface area (Å²) in [6.45, 7) is 6.13. The number of methoxy groups -OCH3 is 2. The number of rotatable bonds is 3. The van der Waals surface area contributed by atoms with Crippen LogP contribution in [0.4, 0.5) is 4.79 Å². The van der Waals surface area contributed by atoms with E-state index in [1.807, 2.05) is 51.1 Å². The largest absolute Gasteiger partial charge is 0.466 e. The fourth-order valence-electron chi connectivity index (χ4n) is 4.17. The Bertz CT molecular complexity index is 939. The molecule has 1 fully saturated rings. The average Bonchev–Trinajstić information content (AvgIpc) is 2.75. The lowest BCUT2D eigenvalue weighted by Crippen LogP contribution is -2.46. The van der Waals surface area contributed by atoms with Gasteiger partial charge < -0.3 is 19.1 Å². The highest BCUT2D eigenvalue weighted by Gasteiger charge is 2.42. The lowest BCUT2D eigenvalue weighted by Gasteiger charge is -2.40. The Balaban J connectivity index is 2.08. The summed E-state index contributed by atoms with van der Waals surface area (Å²) in [5.74, 6) is -1.62. The Morgan fingerprint density at radius 2 is 1.65 bits per heavy atom. The number of hydrogen-bond donors (Lipinski definition) is 0. The van der Waals surface area contributed by atoms with Gasteiger partial charge in [0.05, 0.1) is 25.4 Å². The molecule has 1 saturated heterocycles. The van der Waals surface area contributed by atoms with Gasteiger partial charge in [0.1, 0.15) is 5.60 Å². The Labute approximate surface area is 182 Å². The van der Waals surface area contributed by atoms with Gasteiger partial charge in [-0.3, -0.25) is 0 Å². The summed E-state index contributed by atoms with van der Waals surface area (Å²) < 4.78 is 15.5. The van der Waals surface area contributed by atoms with Crippen molar-refractivity contribution < 1.29 is 28.6 Å². The standard InChI is InChI=1S/C24H29NO6/c1-24(2,3)31-23(28)25-12-11-16-17(15-9-7-6-8-10-15)13-18(21(26)29-4)20(19(16)14-25)22(27)30-5/h6-10,19H,11-14H2,1-5H3. The second-order valence-electron chi connectivity index (χ2n) is 8.65. The van der Waals surface area contributed by atoms with Crippen LogP contribution < -0.4 is 0 Å². The molecule has 0 spiro atoms. The number of ether oxygens (including phenoxy) is 3.